The molecule has 4 rings (SSSR count). The molecule has 1 fully saturated rings. The van der Waals surface area contributed by atoms with Crippen molar-refractivity contribution in [2.24, 2.45) is 13.0 Å². The number of rotatable bonds is 4. The number of anilines is 1. The Morgan fingerprint density at radius 1 is 1.14 bits per heavy atom. The van der Waals surface area contributed by atoms with Crippen molar-refractivity contribution in [2.45, 2.75) is 32.8 Å². The molecule has 0 saturated carbocycles. The lowest BCUT2D eigenvalue weighted by Gasteiger charge is -2.35. The highest BCUT2D eigenvalue weighted by molar-refractivity contribution is 5.59. The fourth-order valence-corrected chi connectivity index (χ4v) is 3.85. The molecule has 1 saturated heterocycles. The first kappa shape index (κ1) is 18.6. The fraction of sp³-hybridized carbons (Fsp3) is 0.429. The van der Waals surface area contributed by atoms with Crippen molar-refractivity contribution in [2.75, 3.05) is 18.0 Å². The SMILES string of the molecule is Cc1nc(-c2cccnc2)nc(N2CCC(C(O)c3nccn3C)CC2)c1C. The Balaban J connectivity index is 1.53. The third-order valence-corrected chi connectivity index (χ3v) is 5.69. The largest absolute Gasteiger partial charge is 0.385 e. The number of piperidine rings is 1. The van der Waals surface area contributed by atoms with Gasteiger partial charge in [-0.3, -0.25) is 4.98 Å². The van der Waals surface area contributed by atoms with Crippen LogP contribution in [0.5, 0.6) is 0 Å². The zero-order chi connectivity index (χ0) is 19.7. The van der Waals surface area contributed by atoms with Gasteiger partial charge < -0.3 is 14.6 Å². The van der Waals surface area contributed by atoms with Gasteiger partial charge in [-0.05, 0) is 44.7 Å². The van der Waals surface area contributed by atoms with Crippen molar-refractivity contribution in [1.82, 2.24) is 24.5 Å². The summed E-state index contributed by atoms with van der Waals surface area (Å²) in [5, 5.41) is 10.7. The Morgan fingerprint density at radius 3 is 2.57 bits per heavy atom. The van der Waals surface area contributed by atoms with E-state index in [1.165, 1.54) is 0 Å². The number of hydrogen-bond acceptors (Lipinski definition) is 6. The summed E-state index contributed by atoms with van der Waals surface area (Å²) in [7, 11) is 1.92. The van der Waals surface area contributed by atoms with Gasteiger partial charge in [0.15, 0.2) is 5.82 Å². The van der Waals surface area contributed by atoms with Crippen LogP contribution in [0.15, 0.2) is 36.9 Å². The van der Waals surface area contributed by atoms with Gasteiger partial charge in [0.05, 0.1) is 0 Å². The number of pyridine rings is 1. The van der Waals surface area contributed by atoms with E-state index in [1.54, 1.807) is 18.6 Å². The van der Waals surface area contributed by atoms with Crippen molar-refractivity contribution < 1.29 is 5.11 Å². The second kappa shape index (κ2) is 7.67. The zero-order valence-corrected chi connectivity index (χ0v) is 16.6. The molecule has 0 amide bonds. The van der Waals surface area contributed by atoms with Crippen LogP contribution in [0, 0.1) is 19.8 Å². The minimum Gasteiger partial charge on any atom is -0.385 e. The van der Waals surface area contributed by atoms with Gasteiger partial charge in [-0.15, -0.1) is 0 Å². The molecule has 4 heterocycles. The molecule has 1 aliphatic heterocycles. The maximum atomic E-state index is 10.7. The maximum Gasteiger partial charge on any atom is 0.163 e. The topological polar surface area (TPSA) is 80.0 Å². The first-order valence-electron chi connectivity index (χ1n) is 9.70. The van der Waals surface area contributed by atoms with E-state index in [-0.39, 0.29) is 5.92 Å². The molecule has 7 nitrogen and oxygen atoms in total. The van der Waals surface area contributed by atoms with Crippen molar-refractivity contribution in [3.05, 3.63) is 54.0 Å². The Bertz CT molecular complexity index is 947. The summed E-state index contributed by atoms with van der Waals surface area (Å²) < 4.78 is 1.90. The minimum atomic E-state index is -0.527. The first-order chi connectivity index (χ1) is 13.5. The summed E-state index contributed by atoms with van der Waals surface area (Å²) >= 11 is 0. The second-order valence-corrected chi connectivity index (χ2v) is 7.49. The normalized spacial score (nSPS) is 16.4. The van der Waals surface area contributed by atoms with E-state index in [0.29, 0.717) is 5.82 Å². The molecule has 1 atom stereocenters. The lowest BCUT2D eigenvalue weighted by molar-refractivity contribution is 0.0824. The van der Waals surface area contributed by atoms with Gasteiger partial charge in [0, 0.05) is 61.7 Å². The van der Waals surface area contributed by atoms with Gasteiger partial charge in [-0.1, -0.05) is 0 Å². The summed E-state index contributed by atoms with van der Waals surface area (Å²) in [5.41, 5.74) is 3.02. The summed E-state index contributed by atoms with van der Waals surface area (Å²) in [6.07, 6.45) is 8.44. The van der Waals surface area contributed by atoms with Gasteiger partial charge in [0.1, 0.15) is 17.7 Å². The molecule has 0 radical (unpaired) electrons. The predicted octanol–water partition coefficient (Wildman–Crippen LogP) is 2.84. The Labute approximate surface area is 165 Å². The molecule has 1 N–H and O–H groups in total. The highest BCUT2D eigenvalue weighted by Crippen LogP contribution is 2.33. The number of aromatic nitrogens is 5. The van der Waals surface area contributed by atoms with Crippen LogP contribution in [0.3, 0.4) is 0 Å². The highest BCUT2D eigenvalue weighted by atomic mass is 16.3. The molecule has 7 heteroatoms. The van der Waals surface area contributed by atoms with Crippen LogP contribution in [0.25, 0.3) is 11.4 Å². The average Bonchev–Trinajstić information content (AvgIpc) is 3.16. The molecule has 0 bridgehead atoms. The van der Waals surface area contributed by atoms with Gasteiger partial charge in [0.25, 0.3) is 0 Å². The van der Waals surface area contributed by atoms with E-state index in [2.05, 4.69) is 26.8 Å². The van der Waals surface area contributed by atoms with Crippen LogP contribution < -0.4 is 4.90 Å². The number of aryl methyl sites for hydroxylation is 2. The molecule has 3 aromatic heterocycles. The Morgan fingerprint density at radius 2 is 1.93 bits per heavy atom. The van der Waals surface area contributed by atoms with Crippen LogP contribution in [-0.2, 0) is 7.05 Å². The summed E-state index contributed by atoms with van der Waals surface area (Å²) in [5.74, 6) is 2.64. The summed E-state index contributed by atoms with van der Waals surface area (Å²) in [6.45, 7) is 5.82. The third kappa shape index (κ3) is 3.49. The Kier molecular flexibility index (Phi) is 5.09. The zero-order valence-electron chi connectivity index (χ0n) is 16.6. The standard InChI is InChI=1S/C21H26N6O/c1-14-15(2)24-19(17-5-4-8-22-13-17)25-20(14)27-10-6-16(7-11-27)18(28)21-23-9-12-26(21)3/h4-5,8-9,12-13,16,18,28H,6-7,10-11H2,1-3H3. The quantitative estimate of drug-likeness (QED) is 0.752. The van der Waals surface area contributed by atoms with Crippen molar-refractivity contribution in [3.63, 3.8) is 0 Å². The lowest BCUT2D eigenvalue weighted by Crippen LogP contribution is -2.37. The summed E-state index contributed by atoms with van der Waals surface area (Å²) in [4.78, 5) is 20.3. The van der Waals surface area contributed by atoms with Crippen LogP contribution in [-0.4, -0.2) is 42.7 Å². The summed E-state index contributed by atoms with van der Waals surface area (Å²) in [6, 6.07) is 3.88. The van der Waals surface area contributed by atoms with Gasteiger partial charge in [-0.25, -0.2) is 15.0 Å². The first-order valence-corrected chi connectivity index (χ1v) is 9.70. The molecular weight excluding hydrogens is 352 g/mol. The van der Waals surface area contributed by atoms with Crippen LogP contribution >= 0.6 is 0 Å². The average molecular weight is 378 g/mol. The minimum absolute atomic E-state index is 0.207. The lowest BCUT2D eigenvalue weighted by atomic mass is 9.90. The van der Waals surface area contributed by atoms with E-state index >= 15 is 0 Å². The monoisotopic (exact) mass is 378 g/mol. The van der Waals surface area contributed by atoms with E-state index in [1.807, 2.05) is 36.9 Å². The van der Waals surface area contributed by atoms with E-state index in [4.69, 9.17) is 4.98 Å². The van der Waals surface area contributed by atoms with Crippen LogP contribution in [0.4, 0.5) is 5.82 Å². The Hall–Kier alpha value is -2.80. The number of nitrogens with zero attached hydrogens (tertiary/aromatic N) is 6. The second-order valence-electron chi connectivity index (χ2n) is 7.49. The predicted molar refractivity (Wildman–Crippen MR) is 108 cm³/mol. The van der Waals surface area contributed by atoms with Crippen LogP contribution in [0.1, 0.15) is 36.0 Å². The molecule has 28 heavy (non-hydrogen) atoms. The molecule has 0 aromatic carbocycles. The molecule has 0 aliphatic carbocycles. The van der Waals surface area contributed by atoms with E-state index < -0.39 is 6.10 Å². The number of aliphatic hydroxyl groups excluding tert-OH is 1. The number of hydrogen-bond donors (Lipinski definition) is 1. The molecule has 146 valence electrons. The van der Waals surface area contributed by atoms with Gasteiger partial charge in [-0.2, -0.15) is 0 Å². The number of imidazole rings is 1. The van der Waals surface area contributed by atoms with E-state index in [0.717, 1.165) is 54.4 Å². The smallest absolute Gasteiger partial charge is 0.163 e. The molecular formula is C21H26N6O. The van der Waals surface area contributed by atoms with Crippen molar-refractivity contribution in [1.29, 1.82) is 0 Å². The molecule has 3 aromatic rings. The van der Waals surface area contributed by atoms with Gasteiger partial charge >= 0.3 is 0 Å². The maximum absolute atomic E-state index is 10.7. The van der Waals surface area contributed by atoms with Crippen LogP contribution in [0.2, 0.25) is 0 Å². The molecule has 1 aliphatic rings. The molecule has 1 unspecified atom stereocenters. The fourth-order valence-electron chi connectivity index (χ4n) is 3.85. The number of aliphatic hydroxyl groups is 1. The molecule has 0 spiro atoms. The van der Waals surface area contributed by atoms with Crippen molar-refractivity contribution in [3.8, 4) is 11.4 Å². The van der Waals surface area contributed by atoms with Gasteiger partial charge in [0.2, 0.25) is 0 Å². The van der Waals surface area contributed by atoms with Crippen molar-refractivity contribution >= 4 is 5.82 Å². The highest BCUT2D eigenvalue weighted by Gasteiger charge is 2.29. The van der Waals surface area contributed by atoms with E-state index in [9.17, 15) is 5.11 Å². The third-order valence-electron chi connectivity index (χ3n) is 5.69.